The van der Waals surface area contributed by atoms with Gasteiger partial charge >= 0.3 is 12.1 Å². The van der Waals surface area contributed by atoms with Crippen molar-refractivity contribution in [1.82, 2.24) is 0 Å². The molecule has 3 N–H and O–H groups in total. The third kappa shape index (κ3) is 8.49. The number of ether oxygens (including phenoxy) is 3. The lowest BCUT2D eigenvalue weighted by molar-refractivity contribution is -0.131. The van der Waals surface area contributed by atoms with Crippen molar-refractivity contribution in [3.8, 4) is 5.75 Å². The number of aliphatic carboxylic acids is 1. The van der Waals surface area contributed by atoms with Crippen LogP contribution in [-0.2, 0) is 14.3 Å². The number of carbonyl (C=O) groups is 2. The fourth-order valence-corrected chi connectivity index (χ4v) is 2.90. The van der Waals surface area contributed by atoms with E-state index >= 15 is 0 Å². The molecule has 0 aliphatic heterocycles. The normalized spacial score (nSPS) is 12.8. The fraction of sp³-hybridized carbons (Fsp3) is 0.304. The number of nitrogens with one attached hydrogen (secondary N) is 1. The van der Waals surface area contributed by atoms with Crippen LogP contribution in [0.2, 0.25) is 0 Å². The number of aliphatic hydroxyl groups excluding tert-OH is 1. The number of methoxy groups -OCH3 is 1. The topological polar surface area (TPSA) is 114 Å². The molecule has 1 amide bonds. The van der Waals surface area contributed by atoms with Crippen molar-refractivity contribution in [2.24, 2.45) is 0 Å². The molecule has 0 saturated carbocycles. The van der Waals surface area contributed by atoms with Crippen LogP contribution in [0.3, 0.4) is 0 Å². The van der Waals surface area contributed by atoms with Crippen LogP contribution in [0.25, 0.3) is 0 Å². The minimum absolute atomic E-state index is 0.0945. The Labute approximate surface area is 181 Å². The number of anilines is 1. The molecule has 0 spiro atoms. The molecule has 2 rings (SSSR count). The van der Waals surface area contributed by atoms with Gasteiger partial charge in [0.05, 0.1) is 12.7 Å². The van der Waals surface area contributed by atoms with Crippen LogP contribution in [0.5, 0.6) is 5.75 Å². The van der Waals surface area contributed by atoms with Crippen LogP contribution < -0.4 is 10.1 Å². The van der Waals surface area contributed by atoms with Crippen molar-refractivity contribution in [3.63, 3.8) is 0 Å². The van der Waals surface area contributed by atoms with Crippen molar-refractivity contribution in [2.45, 2.75) is 25.0 Å². The predicted octanol–water partition coefficient (Wildman–Crippen LogP) is 3.78. The Kier molecular flexibility index (Phi) is 10.1. The Balaban J connectivity index is 2.16. The first-order valence-corrected chi connectivity index (χ1v) is 9.82. The van der Waals surface area contributed by atoms with E-state index in [9.17, 15) is 9.59 Å². The van der Waals surface area contributed by atoms with E-state index in [0.717, 1.165) is 6.08 Å². The highest BCUT2D eigenvalue weighted by Crippen LogP contribution is 2.29. The highest BCUT2D eigenvalue weighted by Gasteiger charge is 2.27. The molecule has 0 aliphatic rings. The van der Waals surface area contributed by atoms with Gasteiger partial charge in [0.15, 0.2) is 6.10 Å². The molecule has 2 aromatic carbocycles. The molecular weight excluding hydrogens is 402 g/mol. The van der Waals surface area contributed by atoms with Crippen LogP contribution in [0.1, 0.15) is 24.5 Å². The summed E-state index contributed by atoms with van der Waals surface area (Å²) in [4.78, 5) is 23.2. The quantitative estimate of drug-likeness (QED) is 0.440. The van der Waals surface area contributed by atoms with Gasteiger partial charge in [0, 0.05) is 18.9 Å². The average molecular weight is 429 g/mol. The van der Waals surface area contributed by atoms with E-state index < -0.39 is 24.3 Å². The van der Waals surface area contributed by atoms with Gasteiger partial charge < -0.3 is 24.4 Å². The van der Waals surface area contributed by atoms with Gasteiger partial charge in [0.1, 0.15) is 12.4 Å². The first-order valence-electron chi connectivity index (χ1n) is 9.82. The summed E-state index contributed by atoms with van der Waals surface area (Å²) < 4.78 is 16.6. The summed E-state index contributed by atoms with van der Waals surface area (Å²) in [5.74, 6) is -0.453. The first-order chi connectivity index (χ1) is 15.0. The molecule has 166 valence electrons. The third-order valence-corrected chi connectivity index (χ3v) is 4.34. The van der Waals surface area contributed by atoms with Crippen molar-refractivity contribution < 1.29 is 34.0 Å². The lowest BCUT2D eigenvalue weighted by Gasteiger charge is -2.26. The lowest BCUT2D eigenvalue weighted by atomic mass is 10.00. The zero-order valence-corrected chi connectivity index (χ0v) is 17.3. The van der Waals surface area contributed by atoms with Crippen LogP contribution in [0.4, 0.5) is 10.5 Å². The number of aliphatic hydroxyl groups is 1. The average Bonchev–Trinajstić information content (AvgIpc) is 2.77. The molecule has 0 bridgehead atoms. The van der Waals surface area contributed by atoms with Gasteiger partial charge in [0.2, 0.25) is 0 Å². The zero-order chi connectivity index (χ0) is 22.5. The summed E-state index contributed by atoms with van der Waals surface area (Å²) in [6, 6.07) is 15.9. The van der Waals surface area contributed by atoms with Crippen LogP contribution in [-0.4, -0.2) is 48.7 Å². The number of carboxylic acid groups (broad SMARTS) is 1. The van der Waals surface area contributed by atoms with Gasteiger partial charge in [-0.3, -0.25) is 5.32 Å². The Morgan fingerprint density at radius 3 is 2.42 bits per heavy atom. The maximum Gasteiger partial charge on any atom is 0.412 e. The molecule has 0 aromatic heterocycles. The second kappa shape index (κ2) is 13.0. The van der Waals surface area contributed by atoms with E-state index in [0.29, 0.717) is 29.8 Å². The van der Waals surface area contributed by atoms with Crippen molar-refractivity contribution in [3.05, 3.63) is 72.3 Å². The molecule has 2 atom stereocenters. The van der Waals surface area contributed by atoms with Crippen molar-refractivity contribution in [2.75, 3.05) is 25.6 Å². The number of carboxylic acids is 1. The Hall–Kier alpha value is -3.36. The minimum Gasteiger partial charge on any atom is -0.491 e. The molecule has 0 unspecified atom stereocenters. The summed E-state index contributed by atoms with van der Waals surface area (Å²) in [5, 5.41) is 20.3. The number of para-hydroxylation sites is 1. The number of amides is 1. The third-order valence-electron chi connectivity index (χ3n) is 4.34. The minimum atomic E-state index is -1.03. The maximum absolute atomic E-state index is 12.5. The molecule has 0 heterocycles. The number of rotatable bonds is 12. The number of hydrogen-bond donors (Lipinski definition) is 3. The van der Waals surface area contributed by atoms with E-state index in [1.165, 1.54) is 13.2 Å². The molecule has 8 nitrogen and oxygen atoms in total. The molecule has 0 saturated heterocycles. The second-order valence-electron chi connectivity index (χ2n) is 6.55. The standard InChI is InChI=1S/C23H27NO7/c1-29-20(9-5-6-10-21(26)27)22(17-11-13-19(14-12-17)30-16-15-25)31-23(28)24-18-7-3-2-4-8-18/h2-4,6-8,10-14,20,22,25H,5,9,15-16H2,1H3,(H,24,28)(H,26,27)/b10-6+/t20-,22-/m1/s1. The first kappa shape index (κ1) is 23.9. The van der Waals surface area contributed by atoms with E-state index in [2.05, 4.69) is 5.32 Å². The summed E-state index contributed by atoms with van der Waals surface area (Å²) in [6.45, 7) is 0.0815. The van der Waals surface area contributed by atoms with E-state index in [-0.39, 0.29) is 13.2 Å². The van der Waals surface area contributed by atoms with Gasteiger partial charge in [-0.15, -0.1) is 0 Å². The van der Waals surface area contributed by atoms with Crippen LogP contribution in [0, 0.1) is 0 Å². The number of hydrogen-bond acceptors (Lipinski definition) is 6. The number of allylic oxidation sites excluding steroid dienone is 1. The van der Waals surface area contributed by atoms with Crippen molar-refractivity contribution >= 4 is 17.7 Å². The Morgan fingerprint density at radius 2 is 1.81 bits per heavy atom. The highest BCUT2D eigenvalue weighted by molar-refractivity contribution is 5.84. The summed E-state index contributed by atoms with van der Waals surface area (Å²) in [6.07, 6.45) is 1.58. The SMILES string of the molecule is CO[C@H](CC/C=C/C(=O)O)[C@H](OC(=O)Nc1ccccc1)c1ccc(OCCO)cc1. The Bertz CT molecular complexity index is 837. The smallest absolute Gasteiger partial charge is 0.412 e. The number of benzene rings is 2. The Morgan fingerprint density at radius 1 is 1.10 bits per heavy atom. The summed E-state index contributed by atoms with van der Waals surface area (Å²) in [5.41, 5.74) is 1.28. The van der Waals surface area contributed by atoms with Crippen LogP contribution >= 0.6 is 0 Å². The van der Waals surface area contributed by atoms with Gasteiger partial charge in [-0.05, 0) is 42.7 Å². The molecule has 0 aliphatic carbocycles. The zero-order valence-electron chi connectivity index (χ0n) is 17.3. The fourth-order valence-electron chi connectivity index (χ4n) is 2.90. The predicted molar refractivity (Wildman–Crippen MR) is 115 cm³/mol. The van der Waals surface area contributed by atoms with Gasteiger partial charge in [0.25, 0.3) is 0 Å². The number of carbonyl (C=O) groups excluding carboxylic acids is 1. The van der Waals surface area contributed by atoms with E-state index in [1.807, 2.05) is 6.07 Å². The van der Waals surface area contributed by atoms with Gasteiger partial charge in [-0.2, -0.15) is 0 Å². The molecule has 2 aromatic rings. The van der Waals surface area contributed by atoms with E-state index in [1.54, 1.807) is 48.5 Å². The molecule has 8 heteroatoms. The van der Waals surface area contributed by atoms with E-state index in [4.69, 9.17) is 24.4 Å². The molecular formula is C23H27NO7. The summed E-state index contributed by atoms with van der Waals surface area (Å²) in [7, 11) is 1.51. The van der Waals surface area contributed by atoms with Gasteiger partial charge in [-0.1, -0.05) is 36.4 Å². The summed E-state index contributed by atoms with van der Waals surface area (Å²) >= 11 is 0. The molecule has 31 heavy (non-hydrogen) atoms. The van der Waals surface area contributed by atoms with Crippen LogP contribution in [0.15, 0.2) is 66.7 Å². The largest absolute Gasteiger partial charge is 0.491 e. The monoisotopic (exact) mass is 429 g/mol. The lowest BCUT2D eigenvalue weighted by Crippen LogP contribution is -2.28. The second-order valence-corrected chi connectivity index (χ2v) is 6.55. The van der Waals surface area contributed by atoms with Crippen molar-refractivity contribution in [1.29, 1.82) is 0 Å². The van der Waals surface area contributed by atoms with Gasteiger partial charge in [-0.25, -0.2) is 9.59 Å². The highest BCUT2D eigenvalue weighted by atomic mass is 16.6. The molecule has 0 fully saturated rings. The maximum atomic E-state index is 12.5. The molecule has 0 radical (unpaired) electrons.